The van der Waals surface area contributed by atoms with Gasteiger partial charge in [0.2, 0.25) is 0 Å². The molecule has 1 aliphatic heterocycles. The Morgan fingerprint density at radius 3 is 2.60 bits per heavy atom. The monoisotopic (exact) mass is 294 g/mol. The van der Waals surface area contributed by atoms with E-state index < -0.39 is 10.8 Å². The molecule has 1 aromatic carbocycles. The third-order valence-electron chi connectivity index (χ3n) is 4.34. The van der Waals surface area contributed by atoms with E-state index in [1.54, 1.807) is 7.11 Å². The lowest BCUT2D eigenvalue weighted by Gasteiger charge is -2.18. The van der Waals surface area contributed by atoms with Gasteiger partial charge in [-0.3, -0.25) is 4.21 Å². The number of hydrogen-bond donors (Lipinski definition) is 0. The van der Waals surface area contributed by atoms with Gasteiger partial charge in [0, 0.05) is 22.3 Å². The standard InChI is InChI=1S/C16H22O3S/c1-18-15-7-6-12(13-8-9-20(17)11-13)10-16(15)19-14-4-2-3-5-14/h6-7,10,13-14H,2-5,8-9,11H2,1H3/t13-,20-/m1/s1. The van der Waals surface area contributed by atoms with E-state index in [1.807, 2.05) is 6.07 Å². The third-order valence-corrected chi connectivity index (χ3v) is 5.80. The molecule has 0 radical (unpaired) electrons. The van der Waals surface area contributed by atoms with E-state index in [0.29, 0.717) is 12.0 Å². The molecule has 0 spiro atoms. The zero-order chi connectivity index (χ0) is 13.9. The van der Waals surface area contributed by atoms with Crippen LogP contribution in [0.1, 0.15) is 43.6 Å². The van der Waals surface area contributed by atoms with Gasteiger partial charge in [-0.2, -0.15) is 0 Å². The lowest BCUT2D eigenvalue weighted by molar-refractivity contribution is 0.200. The van der Waals surface area contributed by atoms with Crippen molar-refractivity contribution in [1.82, 2.24) is 0 Å². The Balaban J connectivity index is 1.80. The fourth-order valence-corrected chi connectivity index (χ4v) is 4.67. The number of benzene rings is 1. The summed E-state index contributed by atoms with van der Waals surface area (Å²) in [5.74, 6) is 3.69. The van der Waals surface area contributed by atoms with Gasteiger partial charge in [0.1, 0.15) is 0 Å². The van der Waals surface area contributed by atoms with Crippen LogP contribution < -0.4 is 9.47 Å². The van der Waals surface area contributed by atoms with Gasteiger partial charge in [-0.15, -0.1) is 0 Å². The summed E-state index contributed by atoms with van der Waals surface area (Å²) in [5, 5.41) is 0. The maximum Gasteiger partial charge on any atom is 0.161 e. The average Bonchev–Trinajstić information content (AvgIpc) is 3.10. The fraction of sp³-hybridized carbons (Fsp3) is 0.625. The Morgan fingerprint density at radius 1 is 1.15 bits per heavy atom. The molecule has 0 N–H and O–H groups in total. The Morgan fingerprint density at radius 2 is 1.95 bits per heavy atom. The molecular formula is C16H22O3S. The molecule has 4 heteroatoms. The van der Waals surface area contributed by atoms with Crippen molar-refractivity contribution in [1.29, 1.82) is 0 Å². The largest absolute Gasteiger partial charge is 0.493 e. The minimum Gasteiger partial charge on any atom is -0.493 e. The Kier molecular flexibility index (Phi) is 4.29. The van der Waals surface area contributed by atoms with Gasteiger partial charge in [-0.1, -0.05) is 6.07 Å². The van der Waals surface area contributed by atoms with Gasteiger partial charge in [-0.05, 0) is 55.7 Å². The molecule has 1 saturated carbocycles. The minimum absolute atomic E-state index is 0.330. The third kappa shape index (κ3) is 3.00. The second kappa shape index (κ2) is 6.17. The molecule has 3 nitrogen and oxygen atoms in total. The summed E-state index contributed by atoms with van der Waals surface area (Å²) in [6.07, 6.45) is 6.14. The predicted molar refractivity (Wildman–Crippen MR) is 81.1 cm³/mol. The minimum atomic E-state index is -0.643. The topological polar surface area (TPSA) is 35.5 Å². The molecule has 0 bridgehead atoms. The Bertz CT molecular complexity index is 494. The van der Waals surface area contributed by atoms with Crippen LogP contribution in [0.3, 0.4) is 0 Å². The highest BCUT2D eigenvalue weighted by molar-refractivity contribution is 7.85. The molecule has 0 unspecified atom stereocenters. The maximum absolute atomic E-state index is 11.6. The summed E-state index contributed by atoms with van der Waals surface area (Å²) < 4.78 is 23.1. The highest BCUT2D eigenvalue weighted by Gasteiger charge is 2.24. The van der Waals surface area contributed by atoms with Crippen LogP contribution >= 0.6 is 0 Å². The van der Waals surface area contributed by atoms with Gasteiger partial charge in [-0.25, -0.2) is 0 Å². The van der Waals surface area contributed by atoms with Crippen LogP contribution in [-0.4, -0.2) is 28.9 Å². The second-order valence-corrected chi connectivity index (χ2v) is 7.35. The van der Waals surface area contributed by atoms with Crippen LogP contribution in [0.5, 0.6) is 11.5 Å². The molecule has 3 rings (SSSR count). The molecule has 2 fully saturated rings. The quantitative estimate of drug-likeness (QED) is 0.855. The van der Waals surface area contributed by atoms with Crippen molar-refractivity contribution in [2.24, 2.45) is 0 Å². The lowest BCUT2D eigenvalue weighted by Crippen LogP contribution is -2.12. The summed E-state index contributed by atoms with van der Waals surface area (Å²) in [6, 6.07) is 6.18. The van der Waals surface area contributed by atoms with Crippen LogP contribution in [0.15, 0.2) is 18.2 Å². The fourth-order valence-electron chi connectivity index (χ4n) is 3.15. The Labute approximate surface area is 123 Å². The second-order valence-electron chi connectivity index (χ2n) is 5.73. The van der Waals surface area contributed by atoms with Gasteiger partial charge >= 0.3 is 0 Å². The van der Waals surface area contributed by atoms with Crippen LogP contribution in [0.2, 0.25) is 0 Å². The zero-order valence-electron chi connectivity index (χ0n) is 12.0. The zero-order valence-corrected chi connectivity index (χ0v) is 12.8. The summed E-state index contributed by atoms with van der Waals surface area (Å²) in [5.41, 5.74) is 1.24. The van der Waals surface area contributed by atoms with Crippen molar-refractivity contribution in [2.45, 2.75) is 44.1 Å². The van der Waals surface area contributed by atoms with Gasteiger partial charge in [0.25, 0.3) is 0 Å². The molecular weight excluding hydrogens is 272 g/mol. The number of hydrogen-bond acceptors (Lipinski definition) is 3. The number of rotatable bonds is 4. The van der Waals surface area contributed by atoms with Crippen molar-refractivity contribution in [3.63, 3.8) is 0 Å². The highest BCUT2D eigenvalue weighted by Crippen LogP contribution is 2.36. The Hall–Kier alpha value is -1.03. The van der Waals surface area contributed by atoms with E-state index in [9.17, 15) is 4.21 Å². The first kappa shape index (κ1) is 13.9. The molecule has 20 heavy (non-hydrogen) atoms. The normalized spacial score (nSPS) is 26.9. The van der Waals surface area contributed by atoms with Crippen LogP contribution in [0, 0.1) is 0 Å². The van der Waals surface area contributed by atoms with Crippen molar-refractivity contribution < 1.29 is 13.7 Å². The average molecular weight is 294 g/mol. The molecule has 0 aromatic heterocycles. The molecule has 0 amide bonds. The molecule has 1 aliphatic carbocycles. The van der Waals surface area contributed by atoms with E-state index in [-0.39, 0.29) is 0 Å². The van der Waals surface area contributed by atoms with Crippen molar-refractivity contribution in [3.8, 4) is 11.5 Å². The lowest BCUT2D eigenvalue weighted by atomic mass is 9.98. The maximum atomic E-state index is 11.6. The molecule has 1 saturated heterocycles. The van der Waals surface area contributed by atoms with Crippen LogP contribution in [0.25, 0.3) is 0 Å². The van der Waals surface area contributed by atoms with E-state index in [4.69, 9.17) is 9.47 Å². The van der Waals surface area contributed by atoms with E-state index in [2.05, 4.69) is 12.1 Å². The predicted octanol–water partition coefficient (Wildman–Crippen LogP) is 3.25. The SMILES string of the molecule is COc1ccc([C@@H]2CC[S@@](=O)C2)cc1OC1CCCC1. The molecule has 2 atom stereocenters. The number of ether oxygens (including phenoxy) is 2. The first-order chi connectivity index (χ1) is 9.76. The molecule has 110 valence electrons. The molecule has 1 heterocycles. The summed E-state index contributed by atoms with van der Waals surface area (Å²) >= 11 is 0. The summed E-state index contributed by atoms with van der Waals surface area (Å²) in [4.78, 5) is 0. The summed E-state index contributed by atoms with van der Waals surface area (Å²) in [7, 11) is 1.04. The first-order valence-electron chi connectivity index (χ1n) is 7.46. The van der Waals surface area contributed by atoms with Gasteiger partial charge in [0.15, 0.2) is 11.5 Å². The van der Waals surface area contributed by atoms with Gasteiger partial charge in [0.05, 0.1) is 13.2 Å². The highest BCUT2D eigenvalue weighted by atomic mass is 32.2. The van der Waals surface area contributed by atoms with Crippen LogP contribution in [-0.2, 0) is 10.8 Å². The number of methoxy groups -OCH3 is 1. The van der Waals surface area contributed by atoms with Gasteiger partial charge < -0.3 is 9.47 Å². The van der Waals surface area contributed by atoms with Crippen molar-refractivity contribution in [3.05, 3.63) is 23.8 Å². The summed E-state index contributed by atoms with van der Waals surface area (Å²) in [6.45, 7) is 0. The van der Waals surface area contributed by atoms with Crippen LogP contribution in [0.4, 0.5) is 0 Å². The van der Waals surface area contributed by atoms with Crippen molar-refractivity contribution >= 4 is 10.8 Å². The van der Waals surface area contributed by atoms with E-state index in [0.717, 1.165) is 42.3 Å². The van der Waals surface area contributed by atoms with E-state index in [1.165, 1.54) is 18.4 Å². The molecule has 2 aliphatic rings. The molecule has 1 aromatic rings. The first-order valence-corrected chi connectivity index (χ1v) is 8.94. The van der Waals surface area contributed by atoms with E-state index >= 15 is 0 Å². The van der Waals surface area contributed by atoms with Crippen molar-refractivity contribution in [2.75, 3.05) is 18.6 Å². The smallest absolute Gasteiger partial charge is 0.161 e.